The highest BCUT2D eigenvalue weighted by molar-refractivity contribution is 7.15. The van der Waals surface area contributed by atoms with Crippen molar-refractivity contribution in [3.63, 3.8) is 0 Å². The van der Waals surface area contributed by atoms with Crippen LogP contribution >= 0.6 is 34.5 Å². The molecule has 3 aromatic rings. The van der Waals surface area contributed by atoms with Crippen LogP contribution in [0.25, 0.3) is 0 Å². The summed E-state index contributed by atoms with van der Waals surface area (Å²) in [6, 6.07) is 5.36. The molecule has 0 radical (unpaired) electrons. The van der Waals surface area contributed by atoms with E-state index >= 15 is 0 Å². The van der Waals surface area contributed by atoms with Crippen LogP contribution in [0.15, 0.2) is 24.4 Å². The normalized spacial score (nSPS) is 10.9. The average molecular weight is 422 g/mol. The molecule has 2 heterocycles. The Hall–Kier alpha value is -2.15. The zero-order valence-corrected chi connectivity index (χ0v) is 17.3. The minimum Gasteiger partial charge on any atom is -0.354 e. The third-order valence-electron chi connectivity index (χ3n) is 4.17. The molecule has 27 heavy (non-hydrogen) atoms. The number of hydrogen-bond acceptors (Lipinski definition) is 4. The van der Waals surface area contributed by atoms with Gasteiger partial charge in [-0.25, -0.2) is 4.98 Å². The maximum atomic E-state index is 12.6. The number of nitrogens with zero attached hydrogens (tertiary/aromatic N) is 1. The molecule has 0 saturated carbocycles. The summed E-state index contributed by atoms with van der Waals surface area (Å²) in [5.74, 6) is -0.398. The SMILES string of the molecule is CC(=O)c1c(C)[nH]c(C(=O)Nc2ncc(Cc3ccc(Cl)cc3Cl)s2)c1C. The van der Waals surface area contributed by atoms with Gasteiger partial charge in [-0.05, 0) is 44.0 Å². The largest absolute Gasteiger partial charge is 0.354 e. The van der Waals surface area contributed by atoms with E-state index < -0.39 is 0 Å². The molecule has 0 spiro atoms. The lowest BCUT2D eigenvalue weighted by molar-refractivity contribution is 0.101. The third-order valence-corrected chi connectivity index (χ3v) is 5.67. The van der Waals surface area contributed by atoms with E-state index in [4.69, 9.17) is 23.2 Å². The summed E-state index contributed by atoms with van der Waals surface area (Å²) in [6.07, 6.45) is 2.30. The fourth-order valence-corrected chi connectivity index (χ4v) is 4.27. The molecule has 0 bridgehead atoms. The number of benzene rings is 1. The minimum atomic E-state index is -0.325. The monoisotopic (exact) mass is 421 g/mol. The number of H-pyrrole nitrogens is 1. The summed E-state index contributed by atoms with van der Waals surface area (Å²) in [5.41, 5.74) is 3.18. The van der Waals surface area contributed by atoms with Gasteiger partial charge in [0.25, 0.3) is 5.91 Å². The Balaban J connectivity index is 1.75. The number of carbonyl (C=O) groups excluding carboxylic acids is 2. The van der Waals surface area contributed by atoms with Gasteiger partial charge < -0.3 is 4.98 Å². The summed E-state index contributed by atoms with van der Waals surface area (Å²) >= 11 is 13.5. The number of thiazole rings is 1. The fraction of sp³-hybridized carbons (Fsp3) is 0.211. The minimum absolute atomic E-state index is 0.0725. The molecule has 0 unspecified atom stereocenters. The maximum absolute atomic E-state index is 12.6. The summed E-state index contributed by atoms with van der Waals surface area (Å²) < 4.78 is 0. The molecule has 0 saturated heterocycles. The lowest BCUT2D eigenvalue weighted by Gasteiger charge is -2.03. The molecule has 8 heteroatoms. The van der Waals surface area contributed by atoms with Crippen LogP contribution in [0.5, 0.6) is 0 Å². The number of rotatable bonds is 5. The number of Topliss-reactive ketones (excluding diaryl/α,β-unsaturated/α-hetero) is 1. The molecule has 0 aliphatic rings. The average Bonchev–Trinajstić information content (AvgIpc) is 3.13. The second-order valence-corrected chi connectivity index (χ2v) is 8.14. The number of hydrogen-bond donors (Lipinski definition) is 2. The molecule has 1 amide bonds. The number of aromatic nitrogens is 2. The summed E-state index contributed by atoms with van der Waals surface area (Å²) in [4.78, 5) is 32.5. The number of aromatic amines is 1. The van der Waals surface area contributed by atoms with Crippen molar-refractivity contribution >= 4 is 51.4 Å². The van der Waals surface area contributed by atoms with Gasteiger partial charge in [0, 0.05) is 38.8 Å². The van der Waals surface area contributed by atoms with Gasteiger partial charge in [0.2, 0.25) is 0 Å². The van der Waals surface area contributed by atoms with Crippen LogP contribution in [0.4, 0.5) is 5.13 Å². The second-order valence-electron chi connectivity index (χ2n) is 6.18. The lowest BCUT2D eigenvalue weighted by atomic mass is 10.1. The molecular weight excluding hydrogens is 405 g/mol. The maximum Gasteiger partial charge on any atom is 0.274 e. The first-order chi connectivity index (χ1) is 12.8. The van der Waals surface area contributed by atoms with Crippen LogP contribution in [-0.2, 0) is 6.42 Å². The van der Waals surface area contributed by atoms with Crippen molar-refractivity contribution in [1.29, 1.82) is 0 Å². The van der Waals surface area contributed by atoms with Gasteiger partial charge in [-0.15, -0.1) is 11.3 Å². The Morgan fingerprint density at radius 2 is 2.00 bits per heavy atom. The zero-order chi connectivity index (χ0) is 19.7. The van der Waals surface area contributed by atoms with Crippen LogP contribution in [-0.4, -0.2) is 21.7 Å². The van der Waals surface area contributed by atoms with Crippen LogP contribution in [0.2, 0.25) is 10.0 Å². The summed E-state index contributed by atoms with van der Waals surface area (Å²) in [6.45, 7) is 5.02. The Labute approximate surface area is 170 Å². The van der Waals surface area contributed by atoms with E-state index in [1.54, 1.807) is 32.2 Å². The van der Waals surface area contributed by atoms with E-state index in [9.17, 15) is 9.59 Å². The van der Waals surface area contributed by atoms with E-state index in [0.717, 1.165) is 10.4 Å². The van der Waals surface area contributed by atoms with Crippen molar-refractivity contribution in [2.45, 2.75) is 27.2 Å². The fourth-order valence-electron chi connectivity index (χ4n) is 2.96. The second kappa shape index (κ2) is 7.84. The summed E-state index contributed by atoms with van der Waals surface area (Å²) in [7, 11) is 0. The Kier molecular flexibility index (Phi) is 5.69. The van der Waals surface area contributed by atoms with Crippen molar-refractivity contribution in [2.75, 3.05) is 5.32 Å². The van der Waals surface area contributed by atoms with Gasteiger partial charge in [0.05, 0.1) is 0 Å². The van der Waals surface area contributed by atoms with Gasteiger partial charge in [-0.3, -0.25) is 14.9 Å². The van der Waals surface area contributed by atoms with Crippen LogP contribution < -0.4 is 5.32 Å². The predicted molar refractivity (Wildman–Crippen MR) is 110 cm³/mol. The van der Waals surface area contributed by atoms with E-state index in [1.807, 2.05) is 6.07 Å². The molecule has 0 aliphatic heterocycles. The van der Waals surface area contributed by atoms with Crippen molar-refractivity contribution in [1.82, 2.24) is 9.97 Å². The third kappa shape index (κ3) is 4.24. The lowest BCUT2D eigenvalue weighted by Crippen LogP contribution is -2.13. The van der Waals surface area contributed by atoms with Gasteiger partial charge >= 0.3 is 0 Å². The Bertz CT molecular complexity index is 1040. The van der Waals surface area contributed by atoms with Crippen LogP contribution in [0, 0.1) is 13.8 Å². The highest BCUT2D eigenvalue weighted by atomic mass is 35.5. The number of amides is 1. The van der Waals surface area contributed by atoms with E-state index in [0.29, 0.717) is 44.1 Å². The molecule has 5 nitrogen and oxygen atoms in total. The number of aryl methyl sites for hydroxylation is 1. The van der Waals surface area contributed by atoms with Crippen molar-refractivity contribution in [2.24, 2.45) is 0 Å². The highest BCUT2D eigenvalue weighted by Crippen LogP contribution is 2.27. The molecular formula is C19H17Cl2N3O2S. The quantitative estimate of drug-likeness (QED) is 0.538. The molecule has 0 fully saturated rings. The molecule has 0 aliphatic carbocycles. The molecule has 140 valence electrons. The molecule has 2 N–H and O–H groups in total. The zero-order valence-electron chi connectivity index (χ0n) is 14.9. The molecule has 2 aromatic heterocycles. The molecule has 0 atom stereocenters. The van der Waals surface area contributed by atoms with E-state index in [-0.39, 0.29) is 11.7 Å². The molecule has 3 rings (SSSR count). The standard InChI is InChI=1S/C19H17Cl2N3O2S/c1-9-16(11(3)25)10(2)23-17(9)18(26)24-19-22-8-14(27-19)6-12-4-5-13(20)7-15(12)21/h4-5,7-8,23H,6H2,1-3H3,(H,22,24,26). The predicted octanol–water partition coefficient (Wildman–Crippen LogP) is 5.44. The number of carbonyl (C=O) groups is 2. The van der Waals surface area contributed by atoms with Crippen molar-refractivity contribution in [3.8, 4) is 0 Å². The topological polar surface area (TPSA) is 74.8 Å². The first kappa shape index (κ1) is 19.6. The van der Waals surface area contributed by atoms with Crippen molar-refractivity contribution < 1.29 is 9.59 Å². The summed E-state index contributed by atoms with van der Waals surface area (Å²) in [5, 5.41) is 4.44. The number of ketones is 1. The van der Waals surface area contributed by atoms with Gasteiger partial charge in [0.1, 0.15) is 5.69 Å². The van der Waals surface area contributed by atoms with Gasteiger partial charge in [-0.1, -0.05) is 29.3 Å². The molecule has 1 aromatic carbocycles. The Morgan fingerprint density at radius 3 is 2.63 bits per heavy atom. The first-order valence-electron chi connectivity index (χ1n) is 8.16. The van der Waals surface area contributed by atoms with Gasteiger partial charge in [-0.2, -0.15) is 0 Å². The number of anilines is 1. The van der Waals surface area contributed by atoms with E-state index in [1.165, 1.54) is 18.3 Å². The smallest absolute Gasteiger partial charge is 0.274 e. The van der Waals surface area contributed by atoms with Crippen LogP contribution in [0.3, 0.4) is 0 Å². The van der Waals surface area contributed by atoms with E-state index in [2.05, 4.69) is 15.3 Å². The van der Waals surface area contributed by atoms with Crippen LogP contribution in [0.1, 0.15) is 49.5 Å². The highest BCUT2D eigenvalue weighted by Gasteiger charge is 2.20. The van der Waals surface area contributed by atoms with Gasteiger partial charge in [0.15, 0.2) is 10.9 Å². The van der Waals surface area contributed by atoms with Crippen molar-refractivity contribution in [3.05, 3.63) is 67.4 Å². The Morgan fingerprint density at radius 1 is 1.26 bits per heavy atom. The number of halogens is 2. The number of nitrogens with one attached hydrogen (secondary N) is 2. The first-order valence-corrected chi connectivity index (χ1v) is 9.73.